The first-order valence-corrected chi connectivity index (χ1v) is 12.9. The van der Waals surface area contributed by atoms with Gasteiger partial charge in [-0.25, -0.2) is 14.0 Å². The molecule has 196 valence electrons. The van der Waals surface area contributed by atoms with Crippen LogP contribution in [0, 0.1) is 0 Å². The highest BCUT2D eigenvalue weighted by Gasteiger charge is 2.53. The van der Waals surface area contributed by atoms with Gasteiger partial charge in [-0.3, -0.25) is 19.3 Å². The number of fused-ring (bicyclic) bond motifs is 2. The minimum Gasteiger partial charge on any atom is -0.543 e. The predicted octanol–water partition coefficient (Wildman–Crippen LogP) is -2.18. The van der Waals surface area contributed by atoms with Gasteiger partial charge in [-0.15, -0.1) is 23.1 Å². The number of anilines is 1. The summed E-state index contributed by atoms with van der Waals surface area (Å²) in [5.41, 5.74) is 12.0. The Bertz CT molecular complexity index is 1560. The standard InChI is InChI=1S/C22H20N8O6S2/c1-36-27-14(11-9-38-22(24)25-11)18(32)26-15-19(33)30-16(21(34)35)10(8-37-20(15)30)6-29-12(17(23)31)7-28-5-3-2-4-13(28)29/h2-5,7,9,15,20H,6,8H2,1H3,(H5-,23,24,25,26,31,32,34,35)/b27-14-/t15-,20+/m1/s1. The lowest BCUT2D eigenvalue weighted by Crippen LogP contribution is -2.71. The summed E-state index contributed by atoms with van der Waals surface area (Å²) in [6.07, 6.45) is 3.27. The van der Waals surface area contributed by atoms with Crippen LogP contribution in [0.5, 0.6) is 0 Å². The predicted molar refractivity (Wildman–Crippen MR) is 133 cm³/mol. The Kier molecular flexibility index (Phi) is 6.50. The van der Waals surface area contributed by atoms with E-state index >= 15 is 0 Å². The van der Waals surface area contributed by atoms with Crippen molar-refractivity contribution in [1.29, 1.82) is 0 Å². The summed E-state index contributed by atoms with van der Waals surface area (Å²) in [5.74, 6) is -3.41. The maximum absolute atomic E-state index is 13.1. The third-order valence-corrected chi connectivity index (χ3v) is 8.00. The van der Waals surface area contributed by atoms with Crippen LogP contribution in [0.4, 0.5) is 5.13 Å². The zero-order valence-electron chi connectivity index (χ0n) is 19.7. The summed E-state index contributed by atoms with van der Waals surface area (Å²) >= 11 is 2.36. The average Bonchev–Trinajstić information content (AvgIpc) is 3.48. The zero-order chi connectivity index (χ0) is 27.1. The van der Waals surface area contributed by atoms with Gasteiger partial charge in [-0.1, -0.05) is 11.2 Å². The Labute approximate surface area is 222 Å². The number of nitrogen functional groups attached to an aromatic ring is 1. The van der Waals surface area contributed by atoms with Crippen molar-refractivity contribution in [3.05, 3.63) is 58.6 Å². The Hall–Kier alpha value is -4.44. The zero-order valence-corrected chi connectivity index (χ0v) is 21.3. The Morgan fingerprint density at radius 2 is 2.16 bits per heavy atom. The van der Waals surface area contributed by atoms with Crippen LogP contribution in [0.2, 0.25) is 0 Å². The molecule has 0 aliphatic carbocycles. The lowest BCUT2D eigenvalue weighted by atomic mass is 10.0. The van der Waals surface area contributed by atoms with Crippen LogP contribution in [-0.4, -0.2) is 68.1 Å². The van der Waals surface area contributed by atoms with Crippen LogP contribution in [0.25, 0.3) is 5.65 Å². The molecule has 5 rings (SSSR count). The summed E-state index contributed by atoms with van der Waals surface area (Å²) in [4.78, 5) is 60.1. The first-order chi connectivity index (χ1) is 18.2. The summed E-state index contributed by atoms with van der Waals surface area (Å²) in [5, 5.41) is 19.5. The normalized spacial score (nSPS) is 19.2. The molecule has 2 aliphatic rings. The van der Waals surface area contributed by atoms with Crippen molar-refractivity contribution in [3.8, 4) is 0 Å². The second-order valence-electron chi connectivity index (χ2n) is 8.22. The van der Waals surface area contributed by atoms with Crippen LogP contribution in [0.1, 0.15) is 16.2 Å². The van der Waals surface area contributed by atoms with Gasteiger partial charge in [0.25, 0.3) is 23.4 Å². The number of carboxylic acids is 1. The SMILES string of the molecule is CO/N=C(\C(=O)N[C@@H]1C(=O)N2C(C(=O)[O-])=C(Cn3c(C(N)=O)c[n+]4ccccc34)CS[C@@H]12)c1csc(N)n1. The van der Waals surface area contributed by atoms with Gasteiger partial charge in [0.1, 0.15) is 37.0 Å². The molecule has 0 saturated carbocycles. The maximum Gasteiger partial charge on any atom is 0.292 e. The number of aromatic nitrogens is 3. The highest BCUT2D eigenvalue weighted by Crippen LogP contribution is 2.40. The van der Waals surface area contributed by atoms with E-state index in [2.05, 4.69) is 15.5 Å². The van der Waals surface area contributed by atoms with Crippen LogP contribution in [-0.2, 0) is 25.8 Å². The van der Waals surface area contributed by atoms with Gasteiger partial charge in [-0.2, -0.15) is 0 Å². The molecule has 0 aromatic carbocycles. The van der Waals surface area contributed by atoms with E-state index < -0.39 is 35.1 Å². The van der Waals surface area contributed by atoms with E-state index in [0.717, 1.165) is 16.2 Å². The van der Waals surface area contributed by atoms with E-state index in [4.69, 9.17) is 16.3 Å². The van der Waals surface area contributed by atoms with Crippen LogP contribution < -0.4 is 26.3 Å². The fraction of sp³-hybridized carbons (Fsp3) is 0.227. The number of hydrogen-bond acceptors (Lipinski definition) is 11. The van der Waals surface area contributed by atoms with E-state index in [1.807, 2.05) is 0 Å². The third-order valence-electron chi connectivity index (χ3n) is 5.99. The first kappa shape index (κ1) is 25.2. The number of rotatable bonds is 8. The minimum atomic E-state index is -1.55. The number of primary amides is 1. The molecule has 38 heavy (non-hydrogen) atoms. The maximum atomic E-state index is 13.1. The van der Waals surface area contributed by atoms with Crippen molar-refractivity contribution in [3.63, 3.8) is 0 Å². The molecule has 2 aliphatic heterocycles. The molecule has 5 heterocycles. The van der Waals surface area contributed by atoms with Gasteiger partial charge in [0, 0.05) is 22.8 Å². The van der Waals surface area contributed by atoms with E-state index in [1.54, 1.807) is 39.6 Å². The summed E-state index contributed by atoms with van der Waals surface area (Å²) < 4.78 is 3.27. The molecular formula is C22H20N8O6S2. The number of thiazole rings is 1. The number of nitrogens with zero attached hydrogens (tertiary/aromatic N) is 5. The van der Waals surface area contributed by atoms with Crippen molar-refractivity contribution in [2.75, 3.05) is 18.6 Å². The van der Waals surface area contributed by atoms with Gasteiger partial charge in [-0.05, 0) is 6.07 Å². The van der Waals surface area contributed by atoms with Crippen molar-refractivity contribution in [2.24, 2.45) is 10.9 Å². The van der Waals surface area contributed by atoms with Crippen molar-refractivity contribution >= 4 is 63.3 Å². The molecule has 0 unspecified atom stereocenters. The molecule has 0 radical (unpaired) electrons. The molecule has 1 saturated heterocycles. The first-order valence-electron chi connectivity index (χ1n) is 11.0. The number of carbonyl (C=O) groups is 4. The number of amides is 3. The Morgan fingerprint density at radius 3 is 2.82 bits per heavy atom. The molecule has 1 fully saturated rings. The number of carbonyl (C=O) groups excluding carboxylic acids is 4. The van der Waals surface area contributed by atoms with Crippen molar-refractivity contribution in [2.45, 2.75) is 18.0 Å². The molecule has 3 aromatic heterocycles. The van der Waals surface area contributed by atoms with Crippen LogP contribution in [0.15, 0.2) is 52.4 Å². The van der Waals surface area contributed by atoms with Gasteiger partial charge in [0.15, 0.2) is 10.8 Å². The molecule has 0 bridgehead atoms. The van der Waals surface area contributed by atoms with E-state index in [9.17, 15) is 24.3 Å². The number of aliphatic carboxylic acids is 1. The monoisotopic (exact) mass is 556 g/mol. The van der Waals surface area contributed by atoms with Crippen molar-refractivity contribution < 1.29 is 33.5 Å². The van der Waals surface area contributed by atoms with Gasteiger partial charge >= 0.3 is 0 Å². The fourth-order valence-electron chi connectivity index (χ4n) is 4.36. The number of nitrogens with one attached hydrogen (secondary N) is 1. The number of nitrogens with two attached hydrogens (primary N) is 2. The number of thioether (sulfide) groups is 1. The van der Waals surface area contributed by atoms with Crippen LogP contribution >= 0.6 is 23.1 Å². The smallest absolute Gasteiger partial charge is 0.292 e. The number of carboxylic acid groups (broad SMARTS) is 1. The molecule has 3 aromatic rings. The molecule has 14 nitrogen and oxygen atoms in total. The minimum absolute atomic E-state index is 0.0154. The number of β-lactam (4-membered cyclic amide) rings is 1. The third kappa shape index (κ3) is 4.22. The largest absolute Gasteiger partial charge is 0.543 e. The summed E-state index contributed by atoms with van der Waals surface area (Å²) in [6, 6.07) is 4.27. The topological polar surface area (TPSA) is 202 Å². The molecular weight excluding hydrogens is 536 g/mol. The number of imidazole rings is 1. The molecule has 16 heteroatoms. The summed E-state index contributed by atoms with van der Waals surface area (Å²) in [6.45, 7) is -0.0154. The highest BCUT2D eigenvalue weighted by atomic mass is 32.2. The molecule has 5 N–H and O–H groups in total. The Balaban J connectivity index is 1.42. The Morgan fingerprint density at radius 1 is 1.37 bits per heavy atom. The number of hydrogen-bond donors (Lipinski definition) is 3. The van der Waals surface area contributed by atoms with E-state index in [0.29, 0.717) is 11.2 Å². The van der Waals surface area contributed by atoms with E-state index in [1.165, 1.54) is 24.3 Å². The quantitative estimate of drug-likeness (QED) is 0.119. The lowest BCUT2D eigenvalue weighted by molar-refractivity contribution is -0.510. The highest BCUT2D eigenvalue weighted by molar-refractivity contribution is 8.00. The number of oxime groups is 1. The lowest BCUT2D eigenvalue weighted by Gasteiger charge is -2.50. The van der Waals surface area contributed by atoms with Gasteiger partial charge < -0.3 is 31.5 Å². The van der Waals surface area contributed by atoms with Gasteiger partial charge in [0.05, 0.1) is 17.9 Å². The van der Waals surface area contributed by atoms with Crippen LogP contribution in [0.3, 0.4) is 0 Å². The fourth-order valence-corrected chi connectivity index (χ4v) is 6.24. The second kappa shape index (κ2) is 9.79. The second-order valence-corrected chi connectivity index (χ2v) is 10.2. The van der Waals surface area contributed by atoms with Crippen molar-refractivity contribution in [1.82, 2.24) is 19.8 Å². The summed E-state index contributed by atoms with van der Waals surface area (Å²) in [7, 11) is 1.25. The number of pyridine rings is 1. The average molecular weight is 557 g/mol. The molecule has 2 atom stereocenters. The molecule has 3 amide bonds. The molecule has 0 spiro atoms. The van der Waals surface area contributed by atoms with Gasteiger partial charge in [0.2, 0.25) is 5.69 Å². The van der Waals surface area contributed by atoms with E-state index in [-0.39, 0.29) is 40.2 Å².